The Morgan fingerprint density at radius 1 is 1.26 bits per heavy atom. The predicted octanol–water partition coefficient (Wildman–Crippen LogP) is 3.35. The van der Waals surface area contributed by atoms with Crippen molar-refractivity contribution in [3.63, 3.8) is 0 Å². The minimum absolute atomic E-state index is 0.277. The van der Waals surface area contributed by atoms with E-state index in [0.717, 1.165) is 42.0 Å². The fourth-order valence-electron chi connectivity index (χ4n) is 2.36. The lowest BCUT2D eigenvalue weighted by atomic mass is 10.1. The molecule has 1 fully saturated rings. The Morgan fingerprint density at radius 3 is 2.58 bits per heavy atom. The number of carbonyl (C=O) groups is 1. The normalized spacial score (nSPS) is 17.6. The van der Waals surface area contributed by atoms with Crippen molar-refractivity contribution in [3.05, 3.63) is 29.3 Å². The Hall–Kier alpha value is -1.84. The third-order valence-electron chi connectivity index (χ3n) is 3.53. The minimum atomic E-state index is -0.277. The smallest absolute Gasteiger partial charge is 0.347 e. The van der Waals surface area contributed by atoms with Crippen molar-refractivity contribution in [3.8, 4) is 0 Å². The first-order valence-electron chi connectivity index (χ1n) is 6.74. The van der Waals surface area contributed by atoms with Gasteiger partial charge in [-0.2, -0.15) is 4.99 Å². The van der Waals surface area contributed by atoms with Gasteiger partial charge in [-0.05, 0) is 37.8 Å². The van der Waals surface area contributed by atoms with Crippen LogP contribution in [0.1, 0.15) is 30.4 Å². The lowest BCUT2D eigenvalue weighted by Crippen LogP contribution is -2.32. The summed E-state index contributed by atoms with van der Waals surface area (Å²) in [6.07, 6.45) is 3.17. The number of hydrogen-bond donors (Lipinski definition) is 1. The molecule has 0 unspecified atom stereocenters. The minimum Gasteiger partial charge on any atom is -0.363 e. The summed E-state index contributed by atoms with van der Waals surface area (Å²) in [5.41, 5.74) is 2.99. The number of benzene rings is 1. The topological polar surface area (TPSA) is 44.7 Å². The number of nitrogens with one attached hydrogen (secondary N) is 1. The summed E-state index contributed by atoms with van der Waals surface area (Å²) in [6.45, 7) is 4.96. The van der Waals surface area contributed by atoms with Crippen LogP contribution >= 0.6 is 0 Å². The first kappa shape index (κ1) is 13.6. The lowest BCUT2D eigenvalue weighted by molar-refractivity contribution is 0.259. The van der Waals surface area contributed by atoms with Crippen molar-refractivity contribution in [1.29, 1.82) is 0 Å². The zero-order valence-electron chi connectivity index (χ0n) is 11.9. The van der Waals surface area contributed by atoms with Gasteiger partial charge in [-0.25, -0.2) is 4.79 Å². The second-order valence-corrected chi connectivity index (χ2v) is 5.10. The molecule has 1 aromatic carbocycles. The second kappa shape index (κ2) is 5.87. The van der Waals surface area contributed by atoms with E-state index in [-0.39, 0.29) is 6.03 Å². The van der Waals surface area contributed by atoms with E-state index in [1.165, 1.54) is 6.42 Å². The molecule has 0 atom stereocenters. The number of aliphatic imine (C=N–C) groups is 1. The molecule has 0 radical (unpaired) electrons. The summed E-state index contributed by atoms with van der Waals surface area (Å²) in [5, 5.41) is 2.89. The van der Waals surface area contributed by atoms with Crippen LogP contribution in [0.15, 0.2) is 23.2 Å². The summed E-state index contributed by atoms with van der Waals surface area (Å²) in [6, 6.07) is 5.69. The van der Waals surface area contributed by atoms with Crippen molar-refractivity contribution in [2.24, 2.45) is 4.99 Å². The van der Waals surface area contributed by atoms with E-state index in [0.29, 0.717) is 0 Å². The molecule has 0 bridgehead atoms. The van der Waals surface area contributed by atoms with E-state index < -0.39 is 0 Å². The molecule has 1 aromatic rings. The number of para-hydroxylation sites is 1. The van der Waals surface area contributed by atoms with Gasteiger partial charge in [0.25, 0.3) is 0 Å². The van der Waals surface area contributed by atoms with Gasteiger partial charge in [-0.15, -0.1) is 0 Å². The number of carbonyl (C=O) groups excluding carboxylic acids is 1. The summed E-state index contributed by atoms with van der Waals surface area (Å²) in [5.74, 6) is 0.884. The molecule has 102 valence electrons. The third kappa shape index (κ3) is 3.34. The average Bonchev–Trinajstić information content (AvgIpc) is 2.37. The van der Waals surface area contributed by atoms with Crippen molar-refractivity contribution in [2.45, 2.75) is 33.1 Å². The average molecular weight is 259 g/mol. The molecule has 1 N–H and O–H groups in total. The summed E-state index contributed by atoms with van der Waals surface area (Å²) < 4.78 is 0. The predicted molar refractivity (Wildman–Crippen MR) is 78.9 cm³/mol. The molecule has 1 heterocycles. The quantitative estimate of drug-likeness (QED) is 0.840. The Balaban J connectivity index is 2.11. The number of likely N-dealkylation sites (tertiary alicyclic amines) is 1. The second-order valence-electron chi connectivity index (χ2n) is 5.10. The fourth-order valence-corrected chi connectivity index (χ4v) is 2.36. The van der Waals surface area contributed by atoms with Gasteiger partial charge in [0, 0.05) is 25.7 Å². The van der Waals surface area contributed by atoms with Gasteiger partial charge in [-0.3, -0.25) is 0 Å². The van der Waals surface area contributed by atoms with Crippen molar-refractivity contribution in [1.82, 2.24) is 4.90 Å². The van der Waals surface area contributed by atoms with E-state index in [9.17, 15) is 4.79 Å². The molecule has 2 amide bonds. The van der Waals surface area contributed by atoms with Crippen molar-refractivity contribution in [2.75, 3.05) is 18.9 Å². The Morgan fingerprint density at radius 2 is 1.95 bits per heavy atom. The van der Waals surface area contributed by atoms with Crippen LogP contribution in [-0.4, -0.2) is 30.4 Å². The lowest BCUT2D eigenvalue weighted by Gasteiger charge is -2.25. The molecule has 19 heavy (non-hydrogen) atoms. The van der Waals surface area contributed by atoms with Crippen molar-refractivity contribution < 1.29 is 4.79 Å². The van der Waals surface area contributed by atoms with Crippen LogP contribution in [0.3, 0.4) is 0 Å². The fraction of sp³-hybridized carbons (Fsp3) is 0.467. The summed E-state index contributed by atoms with van der Waals surface area (Å²) in [4.78, 5) is 18.3. The van der Waals surface area contributed by atoms with Crippen LogP contribution in [0.4, 0.5) is 10.5 Å². The number of rotatable bonds is 1. The van der Waals surface area contributed by atoms with Crippen LogP contribution in [0.2, 0.25) is 0 Å². The number of piperidine rings is 1. The zero-order valence-corrected chi connectivity index (χ0v) is 11.9. The molecular formula is C15H21N3O. The molecule has 0 aromatic heterocycles. The number of amides is 2. The maximum absolute atomic E-state index is 12.0. The maximum atomic E-state index is 12.0. The van der Waals surface area contributed by atoms with E-state index in [1.807, 2.05) is 39.1 Å². The van der Waals surface area contributed by atoms with Crippen LogP contribution in [-0.2, 0) is 0 Å². The number of anilines is 1. The third-order valence-corrected chi connectivity index (χ3v) is 3.53. The number of nitrogens with zero attached hydrogens (tertiary/aromatic N) is 2. The van der Waals surface area contributed by atoms with Crippen LogP contribution in [0.25, 0.3) is 0 Å². The molecule has 1 aliphatic rings. The van der Waals surface area contributed by atoms with Crippen LogP contribution < -0.4 is 5.32 Å². The number of urea groups is 1. The van der Waals surface area contributed by atoms with Gasteiger partial charge in [0.2, 0.25) is 0 Å². The standard InChI is InChI=1S/C15H21N3O/c1-11-7-6-8-12(2)14(11)17-15(19)16-13-9-4-5-10-18(13)3/h6-8H,4-5,9-10H2,1-3H3,(H,17,19). The largest absolute Gasteiger partial charge is 0.363 e. The van der Waals surface area contributed by atoms with Gasteiger partial charge in [0.1, 0.15) is 5.84 Å². The number of hydrogen-bond acceptors (Lipinski definition) is 1. The first-order valence-corrected chi connectivity index (χ1v) is 6.74. The van der Waals surface area contributed by atoms with Gasteiger partial charge >= 0.3 is 6.03 Å². The van der Waals surface area contributed by atoms with E-state index >= 15 is 0 Å². The first-order chi connectivity index (χ1) is 9.08. The summed E-state index contributed by atoms with van der Waals surface area (Å²) in [7, 11) is 1.99. The molecule has 1 aliphatic heterocycles. The summed E-state index contributed by atoms with van der Waals surface area (Å²) >= 11 is 0. The Bertz CT molecular complexity index is 488. The molecule has 0 spiro atoms. The van der Waals surface area contributed by atoms with Gasteiger partial charge < -0.3 is 10.2 Å². The molecule has 2 rings (SSSR count). The molecule has 0 aliphatic carbocycles. The van der Waals surface area contributed by atoms with Gasteiger partial charge in [0.15, 0.2) is 0 Å². The van der Waals surface area contributed by atoms with Crippen LogP contribution in [0, 0.1) is 13.8 Å². The SMILES string of the molecule is Cc1cccc(C)c1NC(=O)N=C1CCCCN1C. The molecule has 4 heteroatoms. The number of amidine groups is 1. The Labute approximate surface area is 114 Å². The van der Waals surface area contributed by atoms with Gasteiger partial charge in [-0.1, -0.05) is 18.2 Å². The van der Waals surface area contributed by atoms with E-state index in [2.05, 4.69) is 15.2 Å². The maximum Gasteiger partial charge on any atom is 0.347 e. The monoisotopic (exact) mass is 259 g/mol. The van der Waals surface area contributed by atoms with Gasteiger partial charge in [0.05, 0.1) is 0 Å². The molecule has 0 saturated carbocycles. The van der Waals surface area contributed by atoms with Crippen LogP contribution in [0.5, 0.6) is 0 Å². The van der Waals surface area contributed by atoms with Crippen molar-refractivity contribution >= 4 is 17.6 Å². The highest BCUT2D eigenvalue weighted by molar-refractivity contribution is 6.00. The molecular weight excluding hydrogens is 238 g/mol. The highest BCUT2D eigenvalue weighted by Gasteiger charge is 2.14. The Kier molecular flexibility index (Phi) is 4.20. The highest BCUT2D eigenvalue weighted by Crippen LogP contribution is 2.19. The van der Waals surface area contributed by atoms with E-state index in [1.54, 1.807) is 0 Å². The molecule has 1 saturated heterocycles. The highest BCUT2D eigenvalue weighted by atomic mass is 16.2. The number of aryl methyl sites for hydroxylation is 2. The zero-order chi connectivity index (χ0) is 13.8. The van der Waals surface area contributed by atoms with E-state index in [4.69, 9.17) is 0 Å². The molecule has 4 nitrogen and oxygen atoms in total.